The number of carbonyl (C=O) groups excluding carboxylic acids is 2. The van der Waals surface area contributed by atoms with Gasteiger partial charge in [-0.3, -0.25) is 19.4 Å². The van der Waals surface area contributed by atoms with Crippen molar-refractivity contribution >= 4 is 45.4 Å². The van der Waals surface area contributed by atoms with Crippen LogP contribution in [-0.2, 0) is 11.3 Å². The van der Waals surface area contributed by atoms with E-state index in [9.17, 15) is 14.4 Å². The monoisotopic (exact) mass is 552 g/mol. The fraction of sp³-hybridized carbons (Fsp3) is 0.231. The van der Waals surface area contributed by atoms with Gasteiger partial charge in [0.25, 0.3) is 17.4 Å². The van der Waals surface area contributed by atoms with E-state index in [0.717, 1.165) is 12.1 Å². The van der Waals surface area contributed by atoms with Crippen molar-refractivity contribution in [3.63, 3.8) is 0 Å². The van der Waals surface area contributed by atoms with E-state index >= 15 is 0 Å². The molecule has 0 aliphatic carbocycles. The summed E-state index contributed by atoms with van der Waals surface area (Å²) in [5.41, 5.74) is 2.02. The minimum Gasteiger partial charge on any atom is -0.336 e. The largest absolute Gasteiger partial charge is 0.336 e. The maximum absolute atomic E-state index is 13.8. The zero-order valence-corrected chi connectivity index (χ0v) is 21.0. The summed E-state index contributed by atoms with van der Waals surface area (Å²) in [6.07, 6.45) is 5.55. The lowest BCUT2D eigenvalue weighted by Crippen LogP contribution is -2.50. The molecule has 0 spiro atoms. The molecule has 1 aromatic carbocycles. The van der Waals surface area contributed by atoms with Crippen molar-refractivity contribution in [2.75, 3.05) is 13.1 Å². The van der Waals surface area contributed by atoms with Gasteiger partial charge in [0, 0.05) is 59.2 Å². The average molecular weight is 554 g/mol. The van der Waals surface area contributed by atoms with Crippen LogP contribution in [-0.4, -0.2) is 39.4 Å². The molecule has 35 heavy (non-hydrogen) atoms. The number of hydrogen-bond donors (Lipinski definition) is 1. The molecule has 7 nitrogen and oxygen atoms in total. The number of nitrogens with zero attached hydrogens (tertiary/aromatic N) is 3. The molecule has 4 heterocycles. The molecule has 1 N–H and O–H groups in total. The zero-order valence-electron chi connectivity index (χ0n) is 18.7. The summed E-state index contributed by atoms with van der Waals surface area (Å²) in [4.78, 5) is 44.9. The third kappa shape index (κ3) is 4.94. The van der Waals surface area contributed by atoms with Crippen LogP contribution in [0.1, 0.15) is 34.0 Å². The molecular formula is C26H22BrClN4O3. The predicted octanol–water partition coefficient (Wildman–Crippen LogP) is 4.08. The standard InChI is InChI=1S/C26H22BrClN4O3/c27-20-9-18(11-29-12-20)25(34)30-22(10-17-4-1-2-5-21(17)28)26(35)31-13-16-8-19(15-31)23-6-3-7-24(33)32(23)14-16/h1-7,9-12,16,19H,8,13-15H2,(H,30,34)/b22-10-/t16-,19+/m1/s1. The van der Waals surface area contributed by atoms with E-state index in [1.54, 1.807) is 53.6 Å². The Balaban J connectivity index is 1.46. The second kappa shape index (κ2) is 9.79. The van der Waals surface area contributed by atoms with Crippen LogP contribution < -0.4 is 10.9 Å². The Morgan fingerprint density at radius 3 is 2.71 bits per heavy atom. The molecule has 0 unspecified atom stereocenters. The number of halogens is 2. The van der Waals surface area contributed by atoms with Gasteiger partial charge in [-0.2, -0.15) is 0 Å². The van der Waals surface area contributed by atoms with Crippen LogP contribution in [0, 0.1) is 5.92 Å². The smallest absolute Gasteiger partial charge is 0.270 e. The van der Waals surface area contributed by atoms with Crippen molar-refractivity contribution < 1.29 is 9.59 Å². The lowest BCUT2D eigenvalue weighted by Gasteiger charge is -2.43. The fourth-order valence-electron chi connectivity index (χ4n) is 4.86. The van der Waals surface area contributed by atoms with E-state index in [4.69, 9.17) is 11.6 Å². The molecule has 178 valence electrons. The highest BCUT2D eigenvalue weighted by Gasteiger charge is 2.37. The molecule has 2 aliphatic rings. The minimum absolute atomic E-state index is 0.00817. The number of carbonyl (C=O) groups is 2. The van der Waals surface area contributed by atoms with Crippen molar-refractivity contribution in [1.82, 2.24) is 19.8 Å². The van der Waals surface area contributed by atoms with E-state index in [1.807, 2.05) is 16.7 Å². The van der Waals surface area contributed by atoms with Gasteiger partial charge in [-0.05, 0) is 58.1 Å². The SMILES string of the molecule is O=C(N/C(=C\c1ccccc1Cl)C(=O)N1C[C@H]2C[C@@H](C1)c1cccc(=O)n1C2)c1cncc(Br)c1. The maximum Gasteiger partial charge on any atom is 0.270 e. The lowest BCUT2D eigenvalue weighted by molar-refractivity contribution is -0.130. The van der Waals surface area contributed by atoms with E-state index in [1.165, 1.54) is 6.20 Å². The molecule has 1 fully saturated rings. The number of fused-ring (bicyclic) bond motifs is 4. The van der Waals surface area contributed by atoms with Crippen LogP contribution >= 0.6 is 27.5 Å². The Kier molecular flexibility index (Phi) is 6.58. The number of nitrogens with one attached hydrogen (secondary N) is 1. The summed E-state index contributed by atoms with van der Waals surface area (Å²) in [5.74, 6) is -0.508. The van der Waals surface area contributed by atoms with E-state index in [-0.39, 0.29) is 29.0 Å². The van der Waals surface area contributed by atoms with Crippen molar-refractivity contribution in [2.24, 2.45) is 5.92 Å². The Morgan fingerprint density at radius 2 is 1.91 bits per heavy atom. The fourth-order valence-corrected chi connectivity index (χ4v) is 5.42. The third-order valence-corrected chi connectivity index (χ3v) is 7.20. The molecule has 0 saturated carbocycles. The molecule has 2 amide bonds. The number of pyridine rings is 2. The summed E-state index contributed by atoms with van der Waals surface area (Å²) in [5, 5.41) is 3.26. The topological polar surface area (TPSA) is 84.3 Å². The first-order valence-electron chi connectivity index (χ1n) is 11.3. The molecule has 3 aromatic rings. The molecule has 2 aliphatic heterocycles. The highest BCUT2D eigenvalue weighted by molar-refractivity contribution is 9.10. The van der Waals surface area contributed by atoms with Gasteiger partial charge < -0.3 is 14.8 Å². The number of benzene rings is 1. The van der Waals surface area contributed by atoms with Crippen LogP contribution in [0.4, 0.5) is 0 Å². The van der Waals surface area contributed by atoms with E-state index in [2.05, 4.69) is 26.2 Å². The third-order valence-electron chi connectivity index (χ3n) is 6.42. The first kappa shape index (κ1) is 23.5. The Morgan fingerprint density at radius 1 is 1.09 bits per heavy atom. The predicted molar refractivity (Wildman–Crippen MR) is 137 cm³/mol. The van der Waals surface area contributed by atoms with E-state index < -0.39 is 5.91 Å². The summed E-state index contributed by atoms with van der Waals surface area (Å²) >= 11 is 9.67. The van der Waals surface area contributed by atoms with Crippen LogP contribution in [0.3, 0.4) is 0 Å². The molecule has 5 rings (SSSR count). The van der Waals surface area contributed by atoms with Gasteiger partial charge in [-0.25, -0.2) is 0 Å². The summed E-state index contributed by atoms with van der Waals surface area (Å²) < 4.78 is 2.48. The highest BCUT2D eigenvalue weighted by atomic mass is 79.9. The molecule has 0 radical (unpaired) electrons. The van der Waals surface area contributed by atoms with E-state index in [0.29, 0.717) is 40.3 Å². The first-order chi connectivity index (χ1) is 16.9. The summed E-state index contributed by atoms with van der Waals surface area (Å²) in [7, 11) is 0. The normalized spacial score (nSPS) is 19.1. The zero-order chi connectivity index (χ0) is 24.5. The van der Waals surface area contributed by atoms with Crippen molar-refractivity contribution in [1.29, 1.82) is 0 Å². The average Bonchev–Trinajstić information content (AvgIpc) is 2.85. The molecule has 9 heteroatoms. The summed E-state index contributed by atoms with van der Waals surface area (Å²) in [6, 6.07) is 14.1. The first-order valence-corrected chi connectivity index (χ1v) is 12.4. The molecule has 2 bridgehead atoms. The van der Waals surface area contributed by atoms with Crippen LogP contribution in [0.5, 0.6) is 0 Å². The van der Waals surface area contributed by atoms with Gasteiger partial charge >= 0.3 is 0 Å². The number of likely N-dealkylation sites (tertiary alicyclic amines) is 1. The van der Waals surface area contributed by atoms with Gasteiger partial charge in [0.2, 0.25) is 0 Å². The number of aromatic nitrogens is 2. The van der Waals surface area contributed by atoms with Crippen LogP contribution in [0.25, 0.3) is 6.08 Å². The molecular weight excluding hydrogens is 532 g/mol. The number of piperidine rings is 1. The van der Waals surface area contributed by atoms with Crippen molar-refractivity contribution in [3.05, 3.63) is 103 Å². The van der Waals surface area contributed by atoms with Gasteiger partial charge in [-0.1, -0.05) is 35.9 Å². The van der Waals surface area contributed by atoms with Gasteiger partial charge in [-0.15, -0.1) is 0 Å². The Labute approximate surface area is 215 Å². The summed E-state index contributed by atoms with van der Waals surface area (Å²) in [6.45, 7) is 1.55. The maximum atomic E-state index is 13.8. The molecule has 2 atom stereocenters. The van der Waals surface area contributed by atoms with Gasteiger partial charge in [0.05, 0.1) is 5.56 Å². The quantitative estimate of drug-likeness (QED) is 0.494. The van der Waals surface area contributed by atoms with Gasteiger partial charge in [0.15, 0.2) is 0 Å². The van der Waals surface area contributed by atoms with Crippen LogP contribution in [0.15, 0.2) is 75.9 Å². The number of amides is 2. The lowest BCUT2D eigenvalue weighted by atomic mass is 9.83. The molecule has 2 aromatic heterocycles. The minimum atomic E-state index is -0.445. The van der Waals surface area contributed by atoms with Crippen LogP contribution in [0.2, 0.25) is 5.02 Å². The Bertz CT molecular complexity index is 1400. The van der Waals surface area contributed by atoms with Gasteiger partial charge in [0.1, 0.15) is 5.70 Å². The second-order valence-corrected chi connectivity index (χ2v) is 10.2. The highest BCUT2D eigenvalue weighted by Crippen LogP contribution is 2.35. The molecule has 1 saturated heterocycles. The van der Waals surface area contributed by atoms with Crippen molar-refractivity contribution in [3.8, 4) is 0 Å². The number of rotatable bonds is 4. The number of hydrogen-bond acceptors (Lipinski definition) is 4. The van der Waals surface area contributed by atoms with Crippen molar-refractivity contribution in [2.45, 2.75) is 18.9 Å². The second-order valence-electron chi connectivity index (χ2n) is 8.83. The Hall–Kier alpha value is -3.23.